The van der Waals surface area contributed by atoms with Crippen molar-refractivity contribution in [1.82, 2.24) is 0 Å². The van der Waals surface area contributed by atoms with E-state index in [1.165, 1.54) is 36.4 Å². The van der Waals surface area contributed by atoms with Crippen molar-refractivity contribution in [3.8, 4) is 28.7 Å². The van der Waals surface area contributed by atoms with Gasteiger partial charge in [0.1, 0.15) is 24.4 Å². The molecule has 0 aliphatic carbocycles. The molecule has 0 radical (unpaired) electrons. The minimum Gasteiger partial charge on any atom is -0.504 e. The number of rotatable bonds is 4. The summed E-state index contributed by atoms with van der Waals surface area (Å²) >= 11 is 0. The van der Waals surface area contributed by atoms with Crippen molar-refractivity contribution in [3.05, 3.63) is 47.2 Å². The Bertz CT molecular complexity index is 1080. The summed E-state index contributed by atoms with van der Waals surface area (Å²) in [4.78, 5) is 12.6. The van der Waals surface area contributed by atoms with Gasteiger partial charge in [-0.15, -0.1) is 0 Å². The number of carbonyl (C=O) groups excluding carboxylic acids is 1. The van der Waals surface area contributed by atoms with E-state index in [-0.39, 0.29) is 34.3 Å². The highest BCUT2D eigenvalue weighted by Gasteiger charge is 2.45. The summed E-state index contributed by atoms with van der Waals surface area (Å²) in [5, 5.41) is 68.6. The Morgan fingerprint density at radius 3 is 2.41 bits per heavy atom. The number of Topliss-reactive ketones (excluding diaryl/α,β-unsaturated/α-hetero) is 1. The van der Waals surface area contributed by atoms with Crippen LogP contribution in [0.25, 0.3) is 6.08 Å². The summed E-state index contributed by atoms with van der Waals surface area (Å²) in [5.41, 5.74) is 0.381. The summed E-state index contributed by atoms with van der Waals surface area (Å²) in [6.07, 6.45) is -6.38. The molecule has 32 heavy (non-hydrogen) atoms. The number of phenols is 3. The maximum Gasteiger partial charge on any atom is 0.232 e. The van der Waals surface area contributed by atoms with E-state index in [1.54, 1.807) is 0 Å². The Balaban J connectivity index is 1.59. The second kappa shape index (κ2) is 8.30. The molecule has 0 bridgehead atoms. The van der Waals surface area contributed by atoms with Crippen molar-refractivity contribution in [2.24, 2.45) is 0 Å². The molecule has 5 atom stereocenters. The van der Waals surface area contributed by atoms with Gasteiger partial charge in [0.15, 0.2) is 28.8 Å². The molecular weight excluding hydrogens is 428 g/mol. The molecule has 0 amide bonds. The van der Waals surface area contributed by atoms with E-state index in [0.717, 1.165) is 0 Å². The molecule has 5 unspecified atom stereocenters. The van der Waals surface area contributed by atoms with Crippen molar-refractivity contribution in [1.29, 1.82) is 0 Å². The molecule has 7 N–H and O–H groups in total. The summed E-state index contributed by atoms with van der Waals surface area (Å²) in [5.74, 6) is -2.48. The van der Waals surface area contributed by atoms with Crippen molar-refractivity contribution in [2.45, 2.75) is 30.7 Å². The first-order valence-electron chi connectivity index (χ1n) is 9.50. The second-order valence-corrected chi connectivity index (χ2v) is 7.29. The van der Waals surface area contributed by atoms with Crippen LogP contribution < -0.4 is 9.47 Å². The number of carbonyl (C=O) groups is 1. The fourth-order valence-corrected chi connectivity index (χ4v) is 3.39. The van der Waals surface area contributed by atoms with Gasteiger partial charge in [-0.05, 0) is 35.9 Å². The molecule has 11 heteroatoms. The fourth-order valence-electron chi connectivity index (χ4n) is 3.39. The van der Waals surface area contributed by atoms with E-state index in [0.29, 0.717) is 5.56 Å². The van der Waals surface area contributed by atoms with E-state index in [9.17, 15) is 40.5 Å². The number of aliphatic hydroxyl groups is 4. The lowest BCUT2D eigenvalue weighted by Gasteiger charge is -2.39. The number of fused-ring (bicyclic) bond motifs is 1. The first-order valence-corrected chi connectivity index (χ1v) is 9.50. The second-order valence-electron chi connectivity index (χ2n) is 7.29. The van der Waals surface area contributed by atoms with Gasteiger partial charge in [0.2, 0.25) is 17.8 Å². The van der Waals surface area contributed by atoms with Gasteiger partial charge in [-0.2, -0.15) is 0 Å². The lowest BCUT2D eigenvalue weighted by molar-refractivity contribution is -0.277. The third-order valence-corrected chi connectivity index (χ3v) is 5.16. The number of ketones is 1. The minimum absolute atomic E-state index is 0.0258. The Labute approximate surface area is 180 Å². The predicted molar refractivity (Wildman–Crippen MR) is 105 cm³/mol. The lowest BCUT2D eigenvalue weighted by atomic mass is 9.99. The Morgan fingerprint density at radius 1 is 0.969 bits per heavy atom. The quantitative estimate of drug-likeness (QED) is 0.238. The van der Waals surface area contributed by atoms with Gasteiger partial charge < -0.3 is 50.0 Å². The highest BCUT2D eigenvalue weighted by molar-refractivity contribution is 6.15. The first kappa shape index (κ1) is 21.9. The largest absolute Gasteiger partial charge is 0.504 e. The van der Waals surface area contributed by atoms with E-state index < -0.39 is 48.8 Å². The van der Waals surface area contributed by atoms with Crippen LogP contribution in [0.2, 0.25) is 0 Å². The normalized spacial score (nSPS) is 28.4. The van der Waals surface area contributed by atoms with Crippen molar-refractivity contribution < 1.29 is 54.8 Å². The van der Waals surface area contributed by atoms with Crippen LogP contribution in [0.5, 0.6) is 28.7 Å². The van der Waals surface area contributed by atoms with Gasteiger partial charge in [0.05, 0.1) is 12.2 Å². The third-order valence-electron chi connectivity index (χ3n) is 5.16. The van der Waals surface area contributed by atoms with Gasteiger partial charge in [-0.3, -0.25) is 4.79 Å². The molecule has 4 rings (SSSR count). The molecule has 2 aromatic rings. The zero-order valence-electron chi connectivity index (χ0n) is 16.3. The molecule has 2 aliphatic rings. The van der Waals surface area contributed by atoms with Crippen LogP contribution in [0.3, 0.4) is 0 Å². The van der Waals surface area contributed by atoms with Gasteiger partial charge >= 0.3 is 0 Å². The number of hydrogen-bond donors (Lipinski definition) is 7. The van der Waals surface area contributed by atoms with E-state index in [4.69, 9.17) is 14.2 Å². The third kappa shape index (κ3) is 3.72. The van der Waals surface area contributed by atoms with Gasteiger partial charge in [-0.1, -0.05) is 6.07 Å². The average Bonchev–Trinajstić information content (AvgIpc) is 3.09. The van der Waals surface area contributed by atoms with Crippen LogP contribution in [0.15, 0.2) is 36.1 Å². The number of ether oxygens (including phenoxy) is 3. The number of allylic oxidation sites excluding steroid dienone is 1. The molecule has 0 saturated carbocycles. The molecular formula is C21H20O11. The molecule has 2 aliphatic heterocycles. The standard InChI is InChI=1S/C21H20O11/c22-7-14-16(26)18(28)19(29)21(32-14)31-12-4-2-9-15(25)13(30-20(9)17(12)27)6-8-1-3-10(23)11(24)5-8/h1-6,14,16,18-19,21-24,26-29H,7H2/b13-6-. The zero-order chi connectivity index (χ0) is 23.2. The first-order chi connectivity index (χ1) is 15.2. The van der Waals surface area contributed by atoms with Crippen LogP contribution in [0, 0.1) is 0 Å². The maximum absolute atomic E-state index is 12.6. The summed E-state index contributed by atoms with van der Waals surface area (Å²) in [7, 11) is 0. The average molecular weight is 448 g/mol. The van der Waals surface area contributed by atoms with Gasteiger partial charge in [-0.25, -0.2) is 0 Å². The topological polar surface area (TPSA) is 186 Å². The van der Waals surface area contributed by atoms with Crippen LogP contribution in [-0.4, -0.2) is 78.8 Å². The fraction of sp³-hybridized carbons (Fsp3) is 0.286. The zero-order valence-corrected chi connectivity index (χ0v) is 16.3. The number of phenolic OH excluding ortho intramolecular Hbond substituents is 3. The van der Waals surface area contributed by atoms with Gasteiger partial charge in [0, 0.05) is 0 Å². The Hall–Kier alpha value is -3.35. The number of benzene rings is 2. The van der Waals surface area contributed by atoms with Crippen LogP contribution in [-0.2, 0) is 4.74 Å². The highest BCUT2D eigenvalue weighted by atomic mass is 16.7. The van der Waals surface area contributed by atoms with Crippen molar-refractivity contribution in [2.75, 3.05) is 6.61 Å². The number of aromatic hydroxyl groups is 3. The van der Waals surface area contributed by atoms with E-state index >= 15 is 0 Å². The minimum atomic E-state index is -1.69. The molecule has 170 valence electrons. The molecule has 11 nitrogen and oxygen atoms in total. The number of aliphatic hydroxyl groups excluding tert-OH is 4. The molecule has 1 saturated heterocycles. The summed E-state index contributed by atoms with van der Waals surface area (Å²) in [6.45, 7) is -0.653. The SMILES string of the molecule is O=C1/C(=C/c2ccc(O)c(O)c2)Oc2c1ccc(OC1OC(CO)C(O)C(O)C1O)c2O. The predicted octanol–water partition coefficient (Wildman–Crippen LogP) is -0.402. The molecule has 2 heterocycles. The van der Waals surface area contributed by atoms with Crippen molar-refractivity contribution in [3.63, 3.8) is 0 Å². The maximum atomic E-state index is 12.6. The lowest BCUT2D eigenvalue weighted by Crippen LogP contribution is -2.60. The molecule has 1 fully saturated rings. The van der Waals surface area contributed by atoms with E-state index in [1.807, 2.05) is 0 Å². The van der Waals surface area contributed by atoms with Crippen LogP contribution in [0.4, 0.5) is 0 Å². The van der Waals surface area contributed by atoms with Crippen LogP contribution in [0.1, 0.15) is 15.9 Å². The monoisotopic (exact) mass is 448 g/mol. The smallest absolute Gasteiger partial charge is 0.232 e. The highest BCUT2D eigenvalue weighted by Crippen LogP contribution is 2.45. The summed E-state index contributed by atoms with van der Waals surface area (Å²) in [6, 6.07) is 6.43. The van der Waals surface area contributed by atoms with E-state index in [2.05, 4.69) is 0 Å². The van der Waals surface area contributed by atoms with Crippen molar-refractivity contribution >= 4 is 11.9 Å². The number of hydrogen-bond acceptors (Lipinski definition) is 11. The molecule has 0 spiro atoms. The molecule has 0 aromatic heterocycles. The Kier molecular flexibility index (Phi) is 5.67. The molecule has 2 aromatic carbocycles. The van der Waals surface area contributed by atoms with Gasteiger partial charge in [0.25, 0.3) is 0 Å². The van der Waals surface area contributed by atoms with Crippen LogP contribution >= 0.6 is 0 Å². The Morgan fingerprint density at radius 2 is 1.72 bits per heavy atom. The summed E-state index contributed by atoms with van der Waals surface area (Å²) < 4.78 is 16.1.